The number of hydrogen-bond acceptors (Lipinski definition) is 6. The Kier molecular flexibility index (Phi) is 10.9. The van der Waals surface area contributed by atoms with Gasteiger partial charge in [0.1, 0.15) is 6.10 Å². The first kappa shape index (κ1) is 35.5. The number of esters is 1. The number of carbonyl (C=O) groups excluding carboxylic acids is 2. The number of rotatable bonds is 17. The van der Waals surface area contributed by atoms with Crippen molar-refractivity contribution >= 4 is 11.9 Å². The number of aliphatic hydroxyl groups excluding tert-OH is 1. The van der Waals surface area contributed by atoms with E-state index in [0.717, 1.165) is 70.3 Å². The Morgan fingerprint density at radius 1 is 1.00 bits per heavy atom. The van der Waals surface area contributed by atoms with Crippen LogP contribution in [-0.2, 0) is 27.8 Å². The second kappa shape index (κ2) is 15.4. The normalized spacial score (nSPS) is 29.0. The lowest BCUT2D eigenvalue weighted by molar-refractivity contribution is -0.143. The zero-order valence-electron chi connectivity index (χ0n) is 30.8. The Morgan fingerprint density at radius 3 is 2.42 bits per heavy atom. The molecule has 2 heterocycles. The molecule has 2 saturated carbocycles. The zero-order valence-corrected chi connectivity index (χ0v) is 30.8. The fraction of sp³-hybridized carbons (Fsp3) is 0.674. The summed E-state index contributed by atoms with van der Waals surface area (Å²) in [7, 11) is 0. The molecular weight excluding hydrogens is 624 g/mol. The smallest absolute Gasteiger partial charge is 0.308 e. The van der Waals surface area contributed by atoms with Gasteiger partial charge in [-0.05, 0) is 86.9 Å². The molecule has 7 heteroatoms. The van der Waals surface area contributed by atoms with Crippen molar-refractivity contribution in [1.29, 1.82) is 0 Å². The summed E-state index contributed by atoms with van der Waals surface area (Å²) < 4.78 is 12.8. The first-order chi connectivity index (χ1) is 24.3. The number of nitrogens with zero attached hydrogens (tertiary/aromatic N) is 2. The van der Waals surface area contributed by atoms with E-state index < -0.39 is 0 Å². The maximum atomic E-state index is 14.2. The Hall–Kier alpha value is -2.90. The van der Waals surface area contributed by atoms with Gasteiger partial charge in [-0.1, -0.05) is 88.8 Å². The zero-order chi connectivity index (χ0) is 34.8. The number of ether oxygens (including phenoxy) is 2. The number of benzene rings is 2. The van der Waals surface area contributed by atoms with Crippen LogP contribution in [0.3, 0.4) is 0 Å². The van der Waals surface area contributed by atoms with E-state index in [-0.39, 0.29) is 35.5 Å². The third kappa shape index (κ3) is 7.24. The van der Waals surface area contributed by atoms with Gasteiger partial charge in [0.15, 0.2) is 11.5 Å². The van der Waals surface area contributed by atoms with Crippen molar-refractivity contribution in [2.24, 2.45) is 17.8 Å². The minimum atomic E-state index is -0.337. The standard InChI is InChI=1S/C43H60N2O5/c1-29(2)27-45(39(48)18-14-9-7-5-4-6-8-11-15-31-16-12-10-13-17-31)35-21-20-34-36-25-32-19-22-38(49-30(3)46)41-40(32)43(34,42(35)50-41)23-24-44(36)28-33-26-37(33)47/h10,12-13,16-17,19,22,29,33-37,42,47H,4-9,11,14-15,18,20-21,23-28H2,1-3H3/t33?,34-,35-,36+,37?,42-,43-/m0/s1. The minimum Gasteiger partial charge on any atom is -0.483 e. The third-order valence-electron chi connectivity index (χ3n) is 12.7. The molecule has 1 amide bonds. The number of piperidine rings is 1. The Balaban J connectivity index is 1.00. The van der Waals surface area contributed by atoms with Crippen LogP contribution in [0.15, 0.2) is 42.5 Å². The van der Waals surface area contributed by atoms with Gasteiger partial charge in [0.25, 0.3) is 0 Å². The van der Waals surface area contributed by atoms with Gasteiger partial charge >= 0.3 is 5.97 Å². The molecule has 0 aromatic heterocycles. The SMILES string of the molecule is CC(=O)Oc1ccc2c3c1O[C@H]1[C@@H](N(CC(C)C)C(=O)CCCCCCCCCCc4ccccc4)CC[C@H]4[C@@H](C2)N(CC2CC2O)CC[C@@]341. The lowest BCUT2D eigenvalue weighted by Crippen LogP contribution is -2.69. The van der Waals surface area contributed by atoms with Crippen LogP contribution in [0.5, 0.6) is 11.5 Å². The van der Waals surface area contributed by atoms with Crippen molar-refractivity contribution in [3.8, 4) is 11.5 Å². The van der Waals surface area contributed by atoms with E-state index in [2.05, 4.69) is 60.0 Å². The van der Waals surface area contributed by atoms with E-state index in [4.69, 9.17) is 9.47 Å². The molecule has 0 radical (unpaired) electrons. The van der Waals surface area contributed by atoms with E-state index in [1.54, 1.807) is 0 Å². The molecule has 1 spiro atoms. The maximum absolute atomic E-state index is 14.2. The third-order valence-corrected chi connectivity index (χ3v) is 12.7. The molecule has 7 atom stereocenters. The van der Waals surface area contributed by atoms with Crippen LogP contribution in [0.1, 0.15) is 121 Å². The Bertz CT molecular complexity index is 1490. The van der Waals surface area contributed by atoms with Gasteiger partial charge in [0.05, 0.1) is 12.1 Å². The highest BCUT2D eigenvalue weighted by atomic mass is 16.6. The summed E-state index contributed by atoms with van der Waals surface area (Å²) in [6, 6.07) is 15.3. The highest BCUT2D eigenvalue weighted by molar-refractivity contribution is 5.77. The van der Waals surface area contributed by atoms with Crippen molar-refractivity contribution in [2.45, 2.75) is 147 Å². The molecule has 3 fully saturated rings. The van der Waals surface area contributed by atoms with Gasteiger partial charge in [0, 0.05) is 49.4 Å². The minimum absolute atomic E-state index is 0.00183. The summed E-state index contributed by atoms with van der Waals surface area (Å²) in [6.07, 6.45) is 15.9. The fourth-order valence-corrected chi connectivity index (χ4v) is 10.4. The first-order valence-electron chi connectivity index (χ1n) is 20.0. The van der Waals surface area contributed by atoms with Gasteiger partial charge in [-0.25, -0.2) is 0 Å². The molecule has 2 bridgehead atoms. The molecular formula is C43H60N2O5. The highest BCUT2D eigenvalue weighted by Gasteiger charge is 2.67. The lowest BCUT2D eigenvalue weighted by Gasteiger charge is -2.60. The van der Waals surface area contributed by atoms with Crippen molar-refractivity contribution in [1.82, 2.24) is 9.80 Å². The summed E-state index contributed by atoms with van der Waals surface area (Å²) >= 11 is 0. The number of amides is 1. The number of hydrogen-bond donors (Lipinski definition) is 1. The highest BCUT2D eigenvalue weighted by Crippen LogP contribution is 2.64. The summed E-state index contributed by atoms with van der Waals surface area (Å²) in [6.45, 7) is 8.56. The van der Waals surface area contributed by atoms with E-state index in [9.17, 15) is 14.7 Å². The van der Waals surface area contributed by atoms with Crippen molar-refractivity contribution in [2.75, 3.05) is 19.6 Å². The van der Waals surface area contributed by atoms with Gasteiger partial charge in [-0.2, -0.15) is 0 Å². The molecule has 2 aromatic carbocycles. The quantitative estimate of drug-likeness (QED) is 0.105. The number of likely N-dealkylation sites (tertiary alicyclic amines) is 1. The second-order valence-electron chi connectivity index (χ2n) is 16.7. The first-order valence-corrected chi connectivity index (χ1v) is 20.0. The molecule has 2 aliphatic heterocycles. The monoisotopic (exact) mass is 684 g/mol. The number of aryl methyl sites for hydroxylation is 1. The van der Waals surface area contributed by atoms with Gasteiger partial charge in [0.2, 0.25) is 5.91 Å². The molecule has 5 aliphatic rings. The predicted octanol–water partition coefficient (Wildman–Crippen LogP) is 7.64. The summed E-state index contributed by atoms with van der Waals surface area (Å²) in [4.78, 5) is 31.2. The van der Waals surface area contributed by atoms with Crippen molar-refractivity contribution in [3.63, 3.8) is 0 Å². The fourth-order valence-electron chi connectivity index (χ4n) is 10.4. The Morgan fingerprint density at radius 2 is 1.72 bits per heavy atom. The Labute approximate surface area is 300 Å². The largest absolute Gasteiger partial charge is 0.483 e. The van der Waals surface area contributed by atoms with E-state index >= 15 is 0 Å². The number of carbonyl (C=O) groups is 2. The van der Waals surface area contributed by atoms with Gasteiger partial charge < -0.3 is 19.5 Å². The van der Waals surface area contributed by atoms with Gasteiger partial charge in [-0.3, -0.25) is 14.5 Å². The van der Waals surface area contributed by atoms with Crippen LogP contribution in [0, 0.1) is 17.8 Å². The predicted molar refractivity (Wildman–Crippen MR) is 196 cm³/mol. The summed E-state index contributed by atoms with van der Waals surface area (Å²) in [5.74, 6) is 2.38. The molecule has 7 nitrogen and oxygen atoms in total. The van der Waals surface area contributed by atoms with Crippen LogP contribution in [0.2, 0.25) is 0 Å². The van der Waals surface area contributed by atoms with Crippen LogP contribution < -0.4 is 9.47 Å². The number of unbranched alkanes of at least 4 members (excludes halogenated alkanes) is 7. The van der Waals surface area contributed by atoms with Crippen LogP contribution in [-0.4, -0.2) is 70.7 Å². The molecule has 3 aliphatic carbocycles. The molecule has 272 valence electrons. The van der Waals surface area contributed by atoms with Crippen molar-refractivity contribution < 1.29 is 24.2 Å². The maximum Gasteiger partial charge on any atom is 0.308 e. The van der Waals surface area contributed by atoms with Gasteiger partial charge in [-0.15, -0.1) is 0 Å². The number of aliphatic hydroxyl groups is 1. The molecule has 1 saturated heterocycles. The van der Waals surface area contributed by atoms with E-state index in [0.29, 0.717) is 36.0 Å². The summed E-state index contributed by atoms with van der Waals surface area (Å²) in [5, 5.41) is 10.2. The molecule has 1 N–H and O–H groups in total. The average Bonchev–Trinajstić information content (AvgIpc) is 3.68. The van der Waals surface area contributed by atoms with Crippen LogP contribution in [0.4, 0.5) is 0 Å². The second-order valence-corrected chi connectivity index (χ2v) is 16.7. The topological polar surface area (TPSA) is 79.3 Å². The summed E-state index contributed by atoms with van der Waals surface area (Å²) in [5.41, 5.74) is 3.81. The van der Waals surface area contributed by atoms with Crippen LogP contribution >= 0.6 is 0 Å². The molecule has 50 heavy (non-hydrogen) atoms. The van der Waals surface area contributed by atoms with E-state index in [1.807, 2.05) is 6.07 Å². The molecule has 2 unspecified atom stereocenters. The van der Waals surface area contributed by atoms with Crippen LogP contribution in [0.25, 0.3) is 0 Å². The lowest BCUT2D eigenvalue weighted by atomic mass is 9.51. The molecule has 2 aromatic rings. The molecule has 7 rings (SSSR count). The average molecular weight is 685 g/mol. The van der Waals surface area contributed by atoms with Crippen molar-refractivity contribution in [3.05, 3.63) is 59.2 Å². The van der Waals surface area contributed by atoms with E-state index in [1.165, 1.54) is 68.6 Å².